The van der Waals surface area contributed by atoms with Gasteiger partial charge >= 0.3 is 0 Å². The number of likely N-dealkylation sites (tertiary alicyclic amines) is 1. The van der Waals surface area contributed by atoms with Crippen LogP contribution >= 0.6 is 12.4 Å². The number of hydrogen-bond acceptors (Lipinski definition) is 5. The van der Waals surface area contributed by atoms with Crippen molar-refractivity contribution in [2.24, 2.45) is 0 Å². The fourth-order valence-corrected chi connectivity index (χ4v) is 2.24. The van der Waals surface area contributed by atoms with Crippen molar-refractivity contribution in [1.29, 1.82) is 0 Å². The maximum Gasteiger partial charge on any atom is 0.240 e. The highest BCUT2D eigenvalue weighted by Gasteiger charge is 2.40. The molecule has 1 aliphatic rings. The molecule has 1 aromatic heterocycles. The van der Waals surface area contributed by atoms with Crippen molar-refractivity contribution in [3.8, 4) is 0 Å². The normalized spacial score (nSPS) is 19.2. The Morgan fingerprint density at radius 3 is 2.72 bits per heavy atom. The maximum atomic E-state index is 10.7. The Morgan fingerprint density at radius 1 is 1.56 bits per heavy atom. The van der Waals surface area contributed by atoms with Crippen molar-refractivity contribution < 1.29 is 10.0 Å². The molecular formula is C10H17ClN4O3. The molecule has 2 rings (SSSR count). The number of hydrogen-bond donors (Lipinski definition) is 2. The smallest absolute Gasteiger partial charge is 0.240 e. The number of aliphatic hydroxyl groups is 1. The number of nitrogens with one attached hydrogen (secondary N) is 1. The number of aromatic nitrogens is 2. The van der Waals surface area contributed by atoms with E-state index in [4.69, 9.17) is 0 Å². The molecule has 1 atom stereocenters. The van der Waals surface area contributed by atoms with Crippen LogP contribution in [0.2, 0.25) is 0 Å². The highest BCUT2D eigenvalue weighted by molar-refractivity contribution is 5.85. The van der Waals surface area contributed by atoms with Gasteiger partial charge in [0.1, 0.15) is 5.82 Å². The highest BCUT2D eigenvalue weighted by atomic mass is 35.5. The minimum Gasteiger partial charge on any atom is -0.375 e. The number of rotatable bonds is 5. The minimum absolute atomic E-state index is 0. The second-order valence-electron chi connectivity index (χ2n) is 4.44. The minimum atomic E-state index is -1.53. The molecule has 7 nitrogen and oxygen atoms in total. The molecule has 18 heavy (non-hydrogen) atoms. The van der Waals surface area contributed by atoms with Crippen molar-refractivity contribution in [3.63, 3.8) is 0 Å². The molecule has 2 heterocycles. The third-order valence-electron chi connectivity index (χ3n) is 3.01. The second-order valence-corrected chi connectivity index (χ2v) is 4.44. The Morgan fingerprint density at radius 2 is 2.22 bits per heavy atom. The zero-order valence-corrected chi connectivity index (χ0v) is 10.7. The predicted octanol–water partition coefficient (Wildman–Crippen LogP) is 0.392. The van der Waals surface area contributed by atoms with E-state index in [1.54, 1.807) is 6.20 Å². The first kappa shape index (κ1) is 14.9. The van der Waals surface area contributed by atoms with Crippen molar-refractivity contribution in [2.45, 2.75) is 18.4 Å². The van der Waals surface area contributed by atoms with Crippen LogP contribution in [0.15, 0.2) is 12.4 Å². The molecule has 1 fully saturated rings. The summed E-state index contributed by atoms with van der Waals surface area (Å²) in [7, 11) is 0. The summed E-state index contributed by atoms with van der Waals surface area (Å²) in [5.74, 6) is 0.265. The first-order valence-electron chi connectivity index (χ1n) is 5.66. The van der Waals surface area contributed by atoms with Gasteiger partial charge in [0.2, 0.25) is 6.54 Å². The van der Waals surface area contributed by atoms with Crippen LogP contribution in [0.3, 0.4) is 0 Å². The van der Waals surface area contributed by atoms with E-state index in [9.17, 15) is 15.2 Å². The summed E-state index contributed by atoms with van der Waals surface area (Å²) >= 11 is 0. The van der Waals surface area contributed by atoms with Gasteiger partial charge < -0.3 is 10.1 Å². The number of imidazole rings is 1. The standard InChI is InChI=1S/C10H16N4O3.ClH/c15-10(8-14(16)17,9-11-3-4-12-9)7-13-5-1-2-6-13;/h3-4,15H,1-2,5-8H2,(H,11,12);1H. The average molecular weight is 277 g/mol. The van der Waals surface area contributed by atoms with E-state index >= 15 is 0 Å². The summed E-state index contributed by atoms with van der Waals surface area (Å²) < 4.78 is 0. The number of halogens is 1. The Kier molecular flexibility index (Phi) is 5.06. The molecule has 1 aromatic rings. The summed E-state index contributed by atoms with van der Waals surface area (Å²) in [6.07, 6.45) is 5.20. The summed E-state index contributed by atoms with van der Waals surface area (Å²) in [5, 5.41) is 21.1. The molecule has 2 N–H and O–H groups in total. The van der Waals surface area contributed by atoms with E-state index in [2.05, 4.69) is 9.97 Å². The van der Waals surface area contributed by atoms with Crippen LogP contribution in [-0.2, 0) is 5.60 Å². The zero-order chi connectivity index (χ0) is 12.3. The lowest BCUT2D eigenvalue weighted by Crippen LogP contribution is -2.45. The van der Waals surface area contributed by atoms with E-state index < -0.39 is 17.1 Å². The molecule has 0 aliphatic carbocycles. The Hall–Kier alpha value is -1.18. The molecule has 0 radical (unpaired) electrons. The van der Waals surface area contributed by atoms with Crippen LogP contribution in [-0.4, -0.2) is 51.1 Å². The molecule has 0 spiro atoms. The van der Waals surface area contributed by atoms with Gasteiger partial charge in [-0.1, -0.05) is 0 Å². The predicted molar refractivity (Wildman–Crippen MR) is 67.3 cm³/mol. The van der Waals surface area contributed by atoms with Gasteiger partial charge in [-0.15, -0.1) is 12.4 Å². The van der Waals surface area contributed by atoms with Gasteiger partial charge in [0.15, 0.2) is 5.60 Å². The largest absolute Gasteiger partial charge is 0.375 e. The SMILES string of the molecule is Cl.O=[N+]([O-])CC(O)(CN1CCCC1)c1ncc[nH]1. The number of nitro groups is 1. The highest BCUT2D eigenvalue weighted by Crippen LogP contribution is 2.21. The average Bonchev–Trinajstić information content (AvgIpc) is 2.86. The van der Waals surface area contributed by atoms with Crippen LogP contribution < -0.4 is 0 Å². The fourth-order valence-electron chi connectivity index (χ4n) is 2.24. The lowest BCUT2D eigenvalue weighted by Gasteiger charge is -2.27. The summed E-state index contributed by atoms with van der Waals surface area (Å²) in [5.41, 5.74) is -1.53. The van der Waals surface area contributed by atoms with Crippen LogP contribution in [0, 0.1) is 10.1 Å². The molecule has 0 saturated carbocycles. The van der Waals surface area contributed by atoms with E-state index in [1.165, 1.54) is 6.20 Å². The molecule has 0 amide bonds. The lowest BCUT2D eigenvalue weighted by molar-refractivity contribution is -0.503. The van der Waals surface area contributed by atoms with Gasteiger partial charge in [-0.25, -0.2) is 4.98 Å². The van der Waals surface area contributed by atoms with Gasteiger partial charge in [-0.05, 0) is 25.9 Å². The Balaban J connectivity index is 0.00000162. The van der Waals surface area contributed by atoms with Crippen LogP contribution in [0.1, 0.15) is 18.7 Å². The van der Waals surface area contributed by atoms with E-state index in [0.717, 1.165) is 25.9 Å². The number of β-amino-alcohol motifs (C(OH)–C–C–N with tert-alkyl or cyclic N) is 1. The molecule has 102 valence electrons. The van der Waals surface area contributed by atoms with Crippen molar-refractivity contribution >= 4 is 12.4 Å². The topological polar surface area (TPSA) is 95.3 Å². The van der Waals surface area contributed by atoms with Gasteiger partial charge in [0.05, 0.1) is 0 Å². The van der Waals surface area contributed by atoms with Crippen LogP contribution in [0.25, 0.3) is 0 Å². The molecule has 0 aromatic carbocycles. The quantitative estimate of drug-likeness (QED) is 0.599. The number of H-pyrrole nitrogens is 1. The first-order valence-corrected chi connectivity index (χ1v) is 5.66. The molecule has 1 unspecified atom stereocenters. The summed E-state index contributed by atoms with van der Waals surface area (Å²) in [6, 6.07) is 0. The van der Waals surface area contributed by atoms with Crippen molar-refractivity contribution in [2.75, 3.05) is 26.2 Å². The molecule has 1 aliphatic heterocycles. The number of aromatic amines is 1. The monoisotopic (exact) mass is 276 g/mol. The van der Waals surface area contributed by atoms with Crippen LogP contribution in [0.4, 0.5) is 0 Å². The second kappa shape index (κ2) is 6.12. The van der Waals surface area contributed by atoms with E-state index in [-0.39, 0.29) is 24.8 Å². The summed E-state index contributed by atoms with van der Waals surface area (Å²) in [4.78, 5) is 18.9. The van der Waals surface area contributed by atoms with Crippen molar-refractivity contribution in [3.05, 3.63) is 28.3 Å². The lowest BCUT2D eigenvalue weighted by atomic mass is 10.0. The zero-order valence-electron chi connectivity index (χ0n) is 9.91. The van der Waals surface area contributed by atoms with Gasteiger partial charge in [-0.2, -0.15) is 0 Å². The third kappa shape index (κ3) is 3.41. The maximum absolute atomic E-state index is 10.7. The van der Waals surface area contributed by atoms with Gasteiger partial charge in [-0.3, -0.25) is 15.0 Å². The van der Waals surface area contributed by atoms with Crippen molar-refractivity contribution in [1.82, 2.24) is 14.9 Å². The Bertz CT molecular complexity index is 380. The first-order chi connectivity index (χ1) is 8.10. The van der Waals surface area contributed by atoms with Gasteiger partial charge in [0, 0.05) is 23.9 Å². The molecule has 0 bridgehead atoms. The van der Waals surface area contributed by atoms with E-state index in [1.807, 2.05) is 4.90 Å². The van der Waals surface area contributed by atoms with Gasteiger partial charge in [0.25, 0.3) is 0 Å². The molecule has 8 heteroatoms. The molecule has 1 saturated heterocycles. The number of nitrogens with zero attached hydrogens (tertiary/aromatic N) is 3. The summed E-state index contributed by atoms with van der Waals surface area (Å²) in [6.45, 7) is 1.47. The third-order valence-corrected chi connectivity index (χ3v) is 3.01. The van der Waals surface area contributed by atoms with Crippen LogP contribution in [0.5, 0.6) is 0 Å². The Labute approximate surface area is 111 Å². The molecular weight excluding hydrogens is 260 g/mol. The van der Waals surface area contributed by atoms with E-state index in [0.29, 0.717) is 0 Å². The fraction of sp³-hybridized carbons (Fsp3) is 0.700.